The highest BCUT2D eigenvalue weighted by atomic mass is 35.5. The number of ketones is 2. The highest BCUT2D eigenvalue weighted by Gasteiger charge is 2.60. The number of thioether (sulfide) groups is 1. The van der Waals surface area contributed by atoms with E-state index in [0.29, 0.717) is 24.1 Å². The molecule has 0 amide bonds. The van der Waals surface area contributed by atoms with Gasteiger partial charge in [0, 0.05) is 40.4 Å². The average molecular weight is 597 g/mol. The number of nitrogens with one attached hydrogen (secondary N) is 1. The topological polar surface area (TPSA) is 77.1 Å². The minimum absolute atomic E-state index is 0.138. The summed E-state index contributed by atoms with van der Waals surface area (Å²) in [6.45, 7) is 4.36. The molecule has 2 saturated heterocycles. The minimum atomic E-state index is -1.68. The van der Waals surface area contributed by atoms with Crippen LogP contribution in [0.4, 0.5) is 5.69 Å². The van der Waals surface area contributed by atoms with Crippen LogP contribution in [0.25, 0.3) is 0 Å². The Morgan fingerprint density at radius 1 is 1.10 bits per heavy atom. The molecule has 6 rings (SSSR count). The molecule has 0 bridgehead atoms. The highest BCUT2D eigenvalue weighted by molar-refractivity contribution is 7.99. The molecule has 2 fully saturated rings. The van der Waals surface area contributed by atoms with Crippen molar-refractivity contribution in [2.75, 3.05) is 38.4 Å². The maximum absolute atomic E-state index is 13.8. The molecule has 1 N–H and O–H groups in total. The molecular weight excluding hydrogens is 560 g/mol. The van der Waals surface area contributed by atoms with Crippen molar-refractivity contribution in [2.45, 2.75) is 62.0 Å². The van der Waals surface area contributed by atoms with Gasteiger partial charge in [-0.2, -0.15) is 0 Å². The Kier molecular flexibility index (Phi) is 8.00. The number of carbonyl (C=O) groups excluding carboxylic acids is 2. The largest absolute Gasteiger partial charge is 0.496 e. The van der Waals surface area contributed by atoms with Crippen LogP contribution in [-0.2, 0) is 4.79 Å². The second-order valence-electron chi connectivity index (χ2n) is 11.5. The number of methoxy groups -OCH3 is 2. The number of piperidine rings is 2. The van der Waals surface area contributed by atoms with E-state index in [1.54, 1.807) is 6.07 Å². The Hall–Kier alpha value is -2.68. The van der Waals surface area contributed by atoms with Crippen LogP contribution >= 0.6 is 23.4 Å². The summed E-state index contributed by atoms with van der Waals surface area (Å²) in [5, 5.41) is 3.67. The minimum Gasteiger partial charge on any atom is -0.496 e. The van der Waals surface area contributed by atoms with Crippen LogP contribution in [-0.4, -0.2) is 61.2 Å². The predicted molar refractivity (Wildman–Crippen MR) is 162 cm³/mol. The molecule has 7 nitrogen and oxygen atoms in total. The number of benzene rings is 2. The van der Waals surface area contributed by atoms with E-state index in [2.05, 4.69) is 28.4 Å². The predicted octanol–water partition coefficient (Wildman–Crippen LogP) is 6.63. The van der Waals surface area contributed by atoms with E-state index in [0.717, 1.165) is 17.1 Å². The van der Waals surface area contributed by atoms with Gasteiger partial charge in [0.15, 0.2) is 5.75 Å². The van der Waals surface area contributed by atoms with E-state index in [1.807, 2.05) is 24.8 Å². The van der Waals surface area contributed by atoms with Gasteiger partial charge in [-0.25, -0.2) is 0 Å². The van der Waals surface area contributed by atoms with Gasteiger partial charge in [-0.1, -0.05) is 37.1 Å². The van der Waals surface area contributed by atoms with Crippen LogP contribution in [0.15, 0.2) is 47.0 Å². The van der Waals surface area contributed by atoms with Gasteiger partial charge < -0.3 is 24.4 Å². The van der Waals surface area contributed by atoms with Gasteiger partial charge in [0.1, 0.15) is 22.1 Å². The standard InChI is InChI=1S/C32H37ClN2O5S/c1-19-15-21(16-27(36)32(19)31(37)28-24(38-2)17-25(39-3)29(33)30(28)40-32)34-22-10-4-5-12-26(22)41-18-20-9-8-14-35-13-7-6-11-23(20)35/h4-5,10,12,16-17,19-20,23,34H,6-9,11,13-15,18H2,1-3H3. The summed E-state index contributed by atoms with van der Waals surface area (Å²) in [7, 11) is 2.94. The zero-order chi connectivity index (χ0) is 28.7. The lowest BCUT2D eigenvalue weighted by atomic mass is 9.74. The number of fused-ring (bicyclic) bond motifs is 2. The van der Waals surface area contributed by atoms with E-state index in [-0.39, 0.29) is 22.1 Å². The van der Waals surface area contributed by atoms with Gasteiger partial charge >= 0.3 is 0 Å². The first-order valence-electron chi connectivity index (χ1n) is 14.5. The van der Waals surface area contributed by atoms with Crippen LogP contribution < -0.4 is 19.5 Å². The van der Waals surface area contributed by atoms with Crippen molar-refractivity contribution in [1.29, 1.82) is 0 Å². The van der Waals surface area contributed by atoms with Crippen LogP contribution in [0.1, 0.15) is 55.8 Å². The number of carbonyl (C=O) groups is 2. The van der Waals surface area contributed by atoms with Gasteiger partial charge in [-0.15, -0.1) is 11.8 Å². The van der Waals surface area contributed by atoms with E-state index in [9.17, 15) is 9.59 Å². The highest BCUT2D eigenvalue weighted by Crippen LogP contribution is 2.53. The summed E-state index contributed by atoms with van der Waals surface area (Å²) in [6.07, 6.45) is 8.53. The Morgan fingerprint density at radius 3 is 2.66 bits per heavy atom. The van der Waals surface area contributed by atoms with Crippen molar-refractivity contribution >= 4 is 40.6 Å². The molecule has 4 atom stereocenters. The Balaban J connectivity index is 1.21. The normalized spacial score (nSPS) is 27.6. The molecule has 4 aliphatic rings. The number of halogens is 1. The molecule has 0 saturated carbocycles. The number of hydrogen-bond acceptors (Lipinski definition) is 8. The molecule has 3 heterocycles. The van der Waals surface area contributed by atoms with Gasteiger partial charge in [0.25, 0.3) is 0 Å². The maximum atomic E-state index is 13.8. The van der Waals surface area contributed by atoms with Crippen molar-refractivity contribution in [3.05, 3.63) is 52.7 Å². The molecule has 0 radical (unpaired) electrons. The number of anilines is 1. The summed E-state index contributed by atoms with van der Waals surface area (Å²) in [6, 6.07) is 10.5. The van der Waals surface area contributed by atoms with Gasteiger partial charge in [-0.3, -0.25) is 9.59 Å². The van der Waals surface area contributed by atoms with E-state index < -0.39 is 23.1 Å². The Labute approximate surface area is 250 Å². The number of rotatable bonds is 7. The zero-order valence-electron chi connectivity index (χ0n) is 23.8. The zero-order valence-corrected chi connectivity index (χ0v) is 25.4. The molecule has 9 heteroatoms. The average Bonchev–Trinajstić information content (AvgIpc) is 3.30. The van der Waals surface area contributed by atoms with E-state index in [1.165, 1.54) is 70.4 Å². The molecule has 3 aliphatic heterocycles. The monoisotopic (exact) mass is 596 g/mol. The number of hydrogen-bond donors (Lipinski definition) is 1. The van der Waals surface area contributed by atoms with Crippen LogP contribution in [0.5, 0.6) is 17.2 Å². The summed E-state index contributed by atoms with van der Waals surface area (Å²) >= 11 is 8.42. The number of nitrogens with zero attached hydrogens (tertiary/aromatic N) is 1. The summed E-state index contributed by atoms with van der Waals surface area (Å²) in [5.74, 6) is 1.25. The lowest BCUT2D eigenvalue weighted by molar-refractivity contribution is -0.129. The van der Waals surface area contributed by atoms with Crippen LogP contribution in [0.3, 0.4) is 0 Å². The van der Waals surface area contributed by atoms with Crippen LogP contribution in [0.2, 0.25) is 5.02 Å². The van der Waals surface area contributed by atoms with Gasteiger partial charge in [0.05, 0.1) is 19.9 Å². The van der Waals surface area contributed by atoms with Gasteiger partial charge in [0.2, 0.25) is 17.2 Å². The van der Waals surface area contributed by atoms with E-state index in [4.69, 9.17) is 25.8 Å². The quantitative estimate of drug-likeness (QED) is 0.282. The van der Waals surface area contributed by atoms with Crippen molar-refractivity contribution in [2.24, 2.45) is 11.8 Å². The molecule has 2 aromatic rings. The third-order valence-corrected chi connectivity index (χ3v) is 10.8. The first-order valence-corrected chi connectivity index (χ1v) is 15.9. The first kappa shape index (κ1) is 28.4. The number of ether oxygens (including phenoxy) is 3. The Morgan fingerprint density at radius 2 is 1.88 bits per heavy atom. The molecule has 0 aromatic heterocycles. The number of para-hydroxylation sites is 1. The fraction of sp³-hybridized carbons (Fsp3) is 0.500. The summed E-state index contributed by atoms with van der Waals surface area (Å²) < 4.78 is 17.0. The van der Waals surface area contributed by atoms with Crippen molar-refractivity contribution in [1.82, 2.24) is 4.90 Å². The van der Waals surface area contributed by atoms with Crippen LogP contribution in [0, 0.1) is 11.8 Å². The molecule has 218 valence electrons. The maximum Gasteiger partial charge on any atom is 0.236 e. The fourth-order valence-electron chi connectivity index (χ4n) is 7.05. The van der Waals surface area contributed by atoms with Crippen molar-refractivity contribution < 1.29 is 23.8 Å². The molecule has 4 unspecified atom stereocenters. The van der Waals surface area contributed by atoms with E-state index >= 15 is 0 Å². The number of Topliss-reactive ketones (excluding diaryl/α,β-unsaturated/α-hetero) is 1. The Bertz CT molecular complexity index is 1390. The van der Waals surface area contributed by atoms with Crippen molar-refractivity contribution in [3.8, 4) is 17.2 Å². The smallest absolute Gasteiger partial charge is 0.236 e. The van der Waals surface area contributed by atoms with Gasteiger partial charge in [-0.05, 0) is 63.2 Å². The summed E-state index contributed by atoms with van der Waals surface area (Å²) in [4.78, 5) is 31.4. The lowest BCUT2D eigenvalue weighted by Gasteiger charge is -2.44. The fourth-order valence-corrected chi connectivity index (χ4v) is 8.55. The first-order chi connectivity index (χ1) is 19.9. The molecule has 1 aliphatic carbocycles. The third kappa shape index (κ3) is 4.92. The SMILES string of the molecule is COc1cc(OC)c2c(c1Cl)OC1(C(=O)C=C(Nc3ccccc3SCC3CCCN4CCCCC34)CC1C)C2=O. The molecule has 41 heavy (non-hydrogen) atoms. The molecule has 2 aromatic carbocycles. The third-order valence-electron chi connectivity index (χ3n) is 9.17. The lowest BCUT2D eigenvalue weighted by Crippen LogP contribution is -2.55. The molecular formula is C32H37ClN2O5S. The second kappa shape index (κ2) is 11.5. The molecule has 1 spiro atoms. The number of allylic oxidation sites excluding steroid dienone is 1. The van der Waals surface area contributed by atoms with Crippen molar-refractivity contribution in [3.63, 3.8) is 0 Å². The summed E-state index contributed by atoms with van der Waals surface area (Å²) in [5.41, 5.74) is 0.245. The second-order valence-corrected chi connectivity index (χ2v) is 13.0.